The van der Waals surface area contributed by atoms with Gasteiger partial charge in [-0.05, 0) is 153 Å². The van der Waals surface area contributed by atoms with Crippen molar-refractivity contribution in [2.45, 2.75) is 52.4 Å². The molecule has 2 aliphatic heterocycles. The standard InChI is InChI=1S/C87H67BN8/c1-86(2,3)63-44-47-74-67(53-63)68-54-64(87(4,5)6)45-48-75(68)96(74)76-46-43-61(85-92-82(57-29-14-8-15-30-57)91-83(93-85)58-31-16-9-17-32-58)50-69(76)73-55-72(56-27-12-7-13-28-56)89-84(90-73)60-34-26-33-59(49-60)62-51-79-81-80(52-62)95(66-37-20-11-21-38-66)78-42-25-23-40-71(78)88(81)70-39-22-24-41-77(70)94(79)65-35-18-10-19-36-65/h7-55H,1-6H3. The zero-order valence-corrected chi connectivity index (χ0v) is 54.4. The fourth-order valence-corrected chi connectivity index (χ4v) is 14.3. The smallest absolute Gasteiger partial charge is 0.252 e. The first-order chi connectivity index (χ1) is 46.9. The number of para-hydroxylation sites is 4. The van der Waals surface area contributed by atoms with Crippen LogP contribution in [0.25, 0.3) is 107 Å². The molecule has 2 aliphatic rings. The summed E-state index contributed by atoms with van der Waals surface area (Å²) < 4.78 is 2.44. The van der Waals surface area contributed by atoms with Gasteiger partial charge in [0, 0.05) is 78.3 Å². The van der Waals surface area contributed by atoms with Crippen molar-refractivity contribution >= 4 is 79.0 Å². The average molecular weight is 1240 g/mol. The van der Waals surface area contributed by atoms with E-state index in [4.69, 9.17) is 24.9 Å². The Morgan fingerprint density at radius 2 is 0.698 bits per heavy atom. The fraction of sp³-hybridized carbons (Fsp3) is 0.0920. The van der Waals surface area contributed by atoms with Crippen LogP contribution in [0, 0.1) is 0 Å². The van der Waals surface area contributed by atoms with Crippen LogP contribution in [0.2, 0.25) is 0 Å². The summed E-state index contributed by atoms with van der Waals surface area (Å²) in [5, 5.41) is 2.39. The molecule has 0 spiro atoms. The van der Waals surface area contributed by atoms with Crippen molar-refractivity contribution in [3.8, 4) is 84.9 Å². The van der Waals surface area contributed by atoms with E-state index < -0.39 is 0 Å². The molecular formula is C87H67BN8. The molecule has 12 aromatic carbocycles. The Hall–Kier alpha value is -11.8. The van der Waals surface area contributed by atoms with Crippen molar-refractivity contribution in [1.82, 2.24) is 29.5 Å². The van der Waals surface area contributed by atoms with Gasteiger partial charge >= 0.3 is 0 Å². The Morgan fingerprint density at radius 3 is 1.21 bits per heavy atom. The van der Waals surface area contributed by atoms with Gasteiger partial charge in [0.2, 0.25) is 0 Å². The molecule has 15 aromatic rings. The first-order valence-corrected chi connectivity index (χ1v) is 33.1. The number of hydrogen-bond donors (Lipinski definition) is 0. The van der Waals surface area contributed by atoms with E-state index in [1.54, 1.807) is 0 Å². The van der Waals surface area contributed by atoms with Crippen molar-refractivity contribution in [2.75, 3.05) is 9.80 Å². The molecule has 0 unspecified atom stereocenters. The number of nitrogens with zero attached hydrogens (tertiary/aromatic N) is 8. The predicted molar refractivity (Wildman–Crippen MR) is 399 cm³/mol. The van der Waals surface area contributed by atoms with Crippen LogP contribution in [0.15, 0.2) is 297 Å². The molecule has 17 rings (SSSR count). The van der Waals surface area contributed by atoms with Crippen LogP contribution in [-0.4, -0.2) is 36.2 Å². The predicted octanol–water partition coefficient (Wildman–Crippen LogP) is 20.1. The molecule has 0 saturated heterocycles. The highest BCUT2D eigenvalue weighted by atomic mass is 15.2. The SMILES string of the molecule is CC(C)(C)c1ccc2c(c1)c1cc(C(C)(C)C)ccc1n2-c1ccc(-c2nc(-c3ccccc3)nc(-c3ccccc3)n2)cc1-c1cc(-c2ccccc2)nc(-c2cccc(-c3cc4c5c(c3)N(c3ccccc3)c3ccccc3B5c3ccccc3N4c3ccccc3)c2)n1. The van der Waals surface area contributed by atoms with Crippen LogP contribution in [0.1, 0.15) is 52.7 Å². The van der Waals surface area contributed by atoms with Gasteiger partial charge < -0.3 is 14.4 Å². The van der Waals surface area contributed by atoms with E-state index >= 15 is 0 Å². The molecule has 9 heteroatoms. The van der Waals surface area contributed by atoms with Gasteiger partial charge in [0.15, 0.2) is 23.3 Å². The highest BCUT2D eigenvalue weighted by Gasteiger charge is 2.43. The van der Waals surface area contributed by atoms with Crippen molar-refractivity contribution < 1.29 is 0 Å². The molecule has 0 atom stereocenters. The molecule has 0 amide bonds. The largest absolute Gasteiger partial charge is 0.311 e. The maximum atomic E-state index is 5.81. The Labute approximate surface area is 560 Å². The topological polar surface area (TPSA) is 75.9 Å². The molecule has 0 N–H and O–H groups in total. The van der Waals surface area contributed by atoms with E-state index in [2.05, 4.69) is 317 Å². The normalized spacial score (nSPS) is 12.6. The van der Waals surface area contributed by atoms with Gasteiger partial charge in [-0.2, -0.15) is 0 Å². The van der Waals surface area contributed by atoms with Gasteiger partial charge in [-0.3, -0.25) is 0 Å². The minimum atomic E-state index is -0.0791. The number of anilines is 6. The van der Waals surface area contributed by atoms with Gasteiger partial charge in [-0.1, -0.05) is 236 Å². The van der Waals surface area contributed by atoms with E-state index in [-0.39, 0.29) is 17.5 Å². The lowest BCUT2D eigenvalue weighted by Gasteiger charge is -2.44. The molecule has 0 saturated carbocycles. The van der Waals surface area contributed by atoms with Crippen molar-refractivity contribution in [3.05, 3.63) is 308 Å². The van der Waals surface area contributed by atoms with Gasteiger partial charge in [0.25, 0.3) is 6.71 Å². The van der Waals surface area contributed by atoms with E-state index in [9.17, 15) is 0 Å². The summed E-state index contributed by atoms with van der Waals surface area (Å²) in [7, 11) is 0. The highest BCUT2D eigenvalue weighted by molar-refractivity contribution is 7.00. The molecule has 0 bridgehead atoms. The lowest BCUT2D eigenvalue weighted by molar-refractivity contribution is 0.590. The maximum Gasteiger partial charge on any atom is 0.252 e. The summed E-state index contributed by atoms with van der Waals surface area (Å²) in [6.45, 7) is 13.7. The third-order valence-corrected chi connectivity index (χ3v) is 19.1. The lowest BCUT2D eigenvalue weighted by atomic mass is 9.33. The number of aromatic nitrogens is 6. The molecule has 0 radical (unpaired) electrons. The van der Waals surface area contributed by atoms with Crippen molar-refractivity contribution in [1.29, 1.82) is 0 Å². The molecule has 0 aliphatic carbocycles. The summed E-state index contributed by atoms with van der Waals surface area (Å²) in [5.74, 6) is 2.32. The summed E-state index contributed by atoms with van der Waals surface area (Å²) in [6, 6.07) is 107. The minimum absolute atomic E-state index is 0.00923. The number of fused-ring (bicyclic) bond motifs is 7. The van der Waals surface area contributed by atoms with E-state index in [1.807, 2.05) is 36.4 Å². The van der Waals surface area contributed by atoms with Crippen LogP contribution in [0.4, 0.5) is 34.1 Å². The van der Waals surface area contributed by atoms with E-state index in [0.29, 0.717) is 23.3 Å². The second-order valence-electron chi connectivity index (χ2n) is 27.3. The average Bonchev–Trinajstić information content (AvgIpc) is 1.08. The zero-order valence-electron chi connectivity index (χ0n) is 54.4. The van der Waals surface area contributed by atoms with Crippen LogP contribution in [0.5, 0.6) is 0 Å². The summed E-state index contributed by atoms with van der Waals surface area (Å²) >= 11 is 0. The van der Waals surface area contributed by atoms with Gasteiger partial charge in [0.05, 0.1) is 28.1 Å². The highest BCUT2D eigenvalue weighted by Crippen LogP contribution is 2.48. The van der Waals surface area contributed by atoms with Gasteiger partial charge in [0.1, 0.15) is 0 Å². The second kappa shape index (κ2) is 23.0. The van der Waals surface area contributed by atoms with Crippen molar-refractivity contribution in [3.63, 3.8) is 0 Å². The molecule has 96 heavy (non-hydrogen) atoms. The first-order valence-electron chi connectivity index (χ1n) is 33.1. The lowest BCUT2D eigenvalue weighted by Crippen LogP contribution is -2.61. The fourth-order valence-electron chi connectivity index (χ4n) is 14.3. The third kappa shape index (κ3) is 10.1. The molecule has 3 aromatic heterocycles. The Morgan fingerprint density at radius 1 is 0.281 bits per heavy atom. The van der Waals surface area contributed by atoms with Gasteiger partial charge in [-0.15, -0.1) is 0 Å². The van der Waals surface area contributed by atoms with Crippen LogP contribution < -0.4 is 26.2 Å². The first kappa shape index (κ1) is 58.0. The molecular weight excluding hydrogens is 1170 g/mol. The monoisotopic (exact) mass is 1230 g/mol. The number of benzene rings is 12. The van der Waals surface area contributed by atoms with Crippen LogP contribution in [-0.2, 0) is 10.8 Å². The van der Waals surface area contributed by atoms with E-state index in [1.165, 1.54) is 38.3 Å². The maximum absolute atomic E-state index is 5.81. The van der Waals surface area contributed by atoms with Crippen molar-refractivity contribution in [2.24, 2.45) is 0 Å². The Bertz CT molecular complexity index is 5260. The zero-order chi connectivity index (χ0) is 64.8. The van der Waals surface area contributed by atoms with Gasteiger partial charge in [-0.25, -0.2) is 24.9 Å². The number of rotatable bonds is 10. The number of hydrogen-bond acceptors (Lipinski definition) is 7. The quantitative estimate of drug-likeness (QED) is 0.126. The van der Waals surface area contributed by atoms with E-state index in [0.717, 1.165) is 107 Å². The molecule has 458 valence electrons. The molecule has 8 nitrogen and oxygen atoms in total. The Kier molecular flexibility index (Phi) is 13.9. The second-order valence-corrected chi connectivity index (χ2v) is 27.3. The van der Waals surface area contributed by atoms with Crippen LogP contribution in [0.3, 0.4) is 0 Å². The minimum Gasteiger partial charge on any atom is -0.311 e. The Balaban J connectivity index is 0.906. The molecule has 0 fully saturated rings. The summed E-state index contributed by atoms with van der Waals surface area (Å²) in [4.78, 5) is 32.0. The van der Waals surface area contributed by atoms with Crippen LogP contribution >= 0.6 is 0 Å². The summed E-state index contributed by atoms with van der Waals surface area (Å²) in [6.07, 6.45) is 0. The summed E-state index contributed by atoms with van der Waals surface area (Å²) in [5.41, 5.74) is 25.1. The third-order valence-electron chi connectivity index (χ3n) is 19.1. The molecule has 5 heterocycles.